The number of nitrogens with one attached hydrogen (secondary N) is 1. The van der Waals surface area contributed by atoms with Gasteiger partial charge in [0.1, 0.15) is 11.0 Å². The molecule has 0 fully saturated rings. The highest BCUT2D eigenvalue weighted by Crippen LogP contribution is 2.22. The normalized spacial score (nSPS) is 11.2. The van der Waals surface area contributed by atoms with Gasteiger partial charge in [-0.3, -0.25) is 9.78 Å². The summed E-state index contributed by atoms with van der Waals surface area (Å²) >= 11 is 0. The molecule has 0 bridgehead atoms. The monoisotopic (exact) mass is 245 g/mol. The van der Waals surface area contributed by atoms with Gasteiger partial charge in [-0.1, -0.05) is 0 Å². The van der Waals surface area contributed by atoms with Crippen LogP contribution in [0.3, 0.4) is 0 Å². The van der Waals surface area contributed by atoms with Crippen LogP contribution in [-0.4, -0.2) is 4.98 Å². The van der Waals surface area contributed by atoms with Crippen LogP contribution >= 0.6 is 0 Å². The van der Waals surface area contributed by atoms with Crippen molar-refractivity contribution in [1.29, 1.82) is 0 Å². The highest BCUT2D eigenvalue weighted by molar-refractivity contribution is 6.02. The van der Waals surface area contributed by atoms with E-state index in [4.69, 9.17) is 8.83 Å². The number of hydrogen-bond acceptors (Lipinski definition) is 5. The van der Waals surface area contributed by atoms with E-state index in [0.29, 0.717) is 10.9 Å². The van der Waals surface area contributed by atoms with Crippen LogP contribution in [0.25, 0.3) is 21.9 Å². The number of rotatable bonds is 0. The topological polar surface area (TPSA) is 93.3 Å². The largest absolute Gasteiger partial charge is 0.422 e. The molecule has 0 aliphatic carbocycles. The van der Waals surface area contributed by atoms with Crippen molar-refractivity contribution in [3.8, 4) is 0 Å². The predicted octanol–water partition coefficient (Wildman–Crippen LogP) is 0.896. The Bertz CT molecular complexity index is 944. The number of hydrogen-bond donors (Lipinski definition) is 1. The van der Waals surface area contributed by atoms with Gasteiger partial charge in [-0.2, -0.15) is 0 Å². The van der Waals surface area contributed by atoms with Gasteiger partial charge in [0.25, 0.3) is 5.56 Å². The molecule has 6 heteroatoms. The summed E-state index contributed by atoms with van der Waals surface area (Å²) in [7, 11) is 0. The second-order valence-corrected chi connectivity index (χ2v) is 3.91. The molecular formula is C12H7NO5. The van der Waals surface area contributed by atoms with Crippen LogP contribution in [-0.2, 0) is 0 Å². The van der Waals surface area contributed by atoms with Crippen LogP contribution in [0.15, 0.2) is 41.4 Å². The van der Waals surface area contributed by atoms with Crippen LogP contribution < -0.4 is 16.9 Å². The maximum absolute atomic E-state index is 11.8. The Morgan fingerprint density at radius 2 is 1.89 bits per heavy atom. The minimum absolute atomic E-state index is 0.0629. The minimum Gasteiger partial charge on any atom is -0.422 e. The third-order valence-electron chi connectivity index (χ3n) is 2.73. The Balaban J connectivity index is 2.74. The van der Waals surface area contributed by atoms with Gasteiger partial charge in [-0.15, -0.1) is 0 Å². The molecule has 1 N–H and O–H groups in total. The Kier molecular flexibility index (Phi) is 2.00. The molecule has 0 amide bonds. The molecule has 0 aliphatic heterocycles. The molecule has 3 aromatic rings. The summed E-state index contributed by atoms with van der Waals surface area (Å²) in [4.78, 5) is 36.2. The summed E-state index contributed by atoms with van der Waals surface area (Å²) in [6.07, 6.45) is 0. The molecule has 2 aromatic heterocycles. The first-order valence-electron chi connectivity index (χ1n) is 5.17. The van der Waals surface area contributed by atoms with Crippen LogP contribution in [0.5, 0.6) is 0 Å². The highest BCUT2D eigenvalue weighted by Gasteiger charge is 2.12. The number of aryl methyl sites for hydroxylation is 1. The van der Waals surface area contributed by atoms with Gasteiger partial charge in [-0.25, -0.2) is 9.59 Å². The first kappa shape index (κ1) is 10.5. The molecule has 0 aliphatic rings. The van der Waals surface area contributed by atoms with Crippen molar-refractivity contribution >= 4 is 21.9 Å². The van der Waals surface area contributed by atoms with Crippen LogP contribution in [0, 0.1) is 6.92 Å². The smallest absolute Gasteiger partial charge is 0.419 e. The lowest BCUT2D eigenvalue weighted by atomic mass is 10.1. The number of fused-ring (bicyclic) bond motifs is 3. The fourth-order valence-corrected chi connectivity index (χ4v) is 1.95. The fourth-order valence-electron chi connectivity index (χ4n) is 1.95. The molecule has 0 radical (unpaired) electrons. The summed E-state index contributed by atoms with van der Waals surface area (Å²) in [5, 5.41) is 0.689. The summed E-state index contributed by atoms with van der Waals surface area (Å²) in [5.41, 5.74) is -0.292. The molecule has 0 saturated carbocycles. The Morgan fingerprint density at radius 1 is 1.11 bits per heavy atom. The van der Waals surface area contributed by atoms with Gasteiger partial charge < -0.3 is 8.83 Å². The van der Waals surface area contributed by atoms with Crippen LogP contribution in [0.4, 0.5) is 0 Å². The summed E-state index contributed by atoms with van der Waals surface area (Å²) in [6.45, 7) is 1.73. The standard InChI is InChI=1S/C12H7NO5/c1-5-4-8(14)18-10-6(5)2-3-7-9(10)11(15)13-12(16)17-7/h2-4H,1H3,(H,13,15,16). The maximum atomic E-state index is 11.8. The quantitative estimate of drug-likeness (QED) is 0.469. The zero-order chi connectivity index (χ0) is 12.9. The van der Waals surface area contributed by atoms with Crippen molar-refractivity contribution in [1.82, 2.24) is 4.98 Å². The number of aromatic amines is 1. The van der Waals surface area contributed by atoms with Crippen molar-refractivity contribution in [3.05, 3.63) is 55.1 Å². The van der Waals surface area contributed by atoms with Crippen molar-refractivity contribution in [2.75, 3.05) is 0 Å². The van der Waals surface area contributed by atoms with Gasteiger partial charge in [-0.05, 0) is 24.6 Å². The highest BCUT2D eigenvalue weighted by atomic mass is 16.4. The summed E-state index contributed by atoms with van der Waals surface area (Å²) < 4.78 is 9.90. The maximum Gasteiger partial charge on any atom is 0.419 e. The van der Waals surface area contributed by atoms with Gasteiger partial charge >= 0.3 is 11.4 Å². The number of aromatic nitrogens is 1. The molecule has 90 valence electrons. The molecule has 0 atom stereocenters. The first-order valence-corrected chi connectivity index (χ1v) is 5.17. The number of H-pyrrole nitrogens is 1. The second kappa shape index (κ2) is 3.43. The lowest BCUT2D eigenvalue weighted by Gasteiger charge is -2.02. The molecular weight excluding hydrogens is 238 g/mol. The predicted molar refractivity (Wildman–Crippen MR) is 63.9 cm³/mol. The van der Waals surface area contributed by atoms with E-state index in [1.807, 2.05) is 4.98 Å². The summed E-state index contributed by atoms with van der Waals surface area (Å²) in [5.74, 6) is -0.846. The minimum atomic E-state index is -0.846. The average molecular weight is 245 g/mol. The molecule has 18 heavy (non-hydrogen) atoms. The molecule has 0 unspecified atom stereocenters. The van der Waals surface area contributed by atoms with Crippen LogP contribution in [0.2, 0.25) is 0 Å². The second-order valence-electron chi connectivity index (χ2n) is 3.91. The molecule has 6 nitrogen and oxygen atoms in total. The van der Waals surface area contributed by atoms with Crippen molar-refractivity contribution in [3.63, 3.8) is 0 Å². The zero-order valence-corrected chi connectivity index (χ0v) is 9.27. The average Bonchev–Trinajstić information content (AvgIpc) is 2.26. The van der Waals surface area contributed by atoms with E-state index in [1.54, 1.807) is 13.0 Å². The first-order chi connectivity index (χ1) is 8.56. The van der Waals surface area contributed by atoms with Gasteiger partial charge in [0, 0.05) is 11.5 Å². The molecule has 1 aromatic carbocycles. The van der Waals surface area contributed by atoms with Gasteiger partial charge in [0.15, 0.2) is 5.58 Å². The zero-order valence-electron chi connectivity index (χ0n) is 9.27. The molecule has 2 heterocycles. The number of benzene rings is 1. The van der Waals surface area contributed by atoms with E-state index < -0.39 is 16.9 Å². The van der Waals surface area contributed by atoms with E-state index in [1.165, 1.54) is 12.1 Å². The van der Waals surface area contributed by atoms with E-state index in [0.717, 1.165) is 0 Å². The van der Waals surface area contributed by atoms with Gasteiger partial charge in [0.05, 0.1) is 0 Å². The summed E-state index contributed by atoms with van der Waals surface area (Å²) in [6, 6.07) is 4.47. The Labute approximate surface area is 98.5 Å². The van der Waals surface area contributed by atoms with Crippen molar-refractivity contribution < 1.29 is 8.83 Å². The SMILES string of the molecule is Cc1cc(=O)oc2c1ccc1oc(=O)[nH]c(=O)c12. The molecule has 0 saturated heterocycles. The van der Waals surface area contributed by atoms with Crippen molar-refractivity contribution in [2.24, 2.45) is 0 Å². The molecule has 0 spiro atoms. The lowest BCUT2D eigenvalue weighted by molar-refractivity contribution is 0.524. The third kappa shape index (κ3) is 1.39. The third-order valence-corrected chi connectivity index (χ3v) is 2.73. The van der Waals surface area contributed by atoms with E-state index in [2.05, 4.69) is 0 Å². The van der Waals surface area contributed by atoms with Crippen LogP contribution in [0.1, 0.15) is 5.56 Å². The Hall–Kier alpha value is -2.63. The lowest BCUT2D eigenvalue weighted by Crippen LogP contribution is -2.18. The van der Waals surface area contributed by atoms with E-state index in [-0.39, 0.29) is 16.6 Å². The van der Waals surface area contributed by atoms with E-state index >= 15 is 0 Å². The van der Waals surface area contributed by atoms with Gasteiger partial charge in [0.2, 0.25) is 0 Å². The van der Waals surface area contributed by atoms with Crippen molar-refractivity contribution in [2.45, 2.75) is 6.92 Å². The molecule has 3 rings (SSSR count). The fraction of sp³-hybridized carbons (Fsp3) is 0.0833. The Morgan fingerprint density at radius 3 is 2.67 bits per heavy atom. The van der Waals surface area contributed by atoms with E-state index in [9.17, 15) is 14.4 Å².